The second-order valence-corrected chi connectivity index (χ2v) is 5.94. The molecular weight excluding hydrogens is 336 g/mol. The molecule has 10 nitrogen and oxygen atoms in total. The average molecular weight is 364 g/mol. The van der Waals surface area contributed by atoms with Gasteiger partial charge in [-0.2, -0.15) is 0 Å². The van der Waals surface area contributed by atoms with E-state index >= 15 is 0 Å². The number of nitrogens with one attached hydrogen (secondary N) is 2. The highest BCUT2D eigenvalue weighted by Crippen LogP contribution is 2.21. The molecule has 1 saturated heterocycles. The van der Waals surface area contributed by atoms with E-state index in [-0.39, 0.29) is 19.1 Å². The molecule has 0 bridgehead atoms. The highest BCUT2D eigenvalue weighted by atomic mass is 16.7. The Bertz CT molecular complexity index is 422. The molecule has 0 saturated carbocycles. The fraction of sp³-hybridized carbons (Fsp3) is 0.867. The van der Waals surface area contributed by atoms with Gasteiger partial charge in [0.25, 0.3) is 0 Å². The first-order valence-corrected chi connectivity index (χ1v) is 8.37. The minimum absolute atomic E-state index is 0.0888. The molecule has 0 aromatic rings. The van der Waals surface area contributed by atoms with Gasteiger partial charge in [-0.1, -0.05) is 6.42 Å². The van der Waals surface area contributed by atoms with Crippen molar-refractivity contribution in [3.05, 3.63) is 0 Å². The lowest BCUT2D eigenvalue weighted by molar-refractivity contribution is -0.292. The van der Waals surface area contributed by atoms with Crippen LogP contribution in [0, 0.1) is 0 Å². The van der Waals surface area contributed by atoms with Gasteiger partial charge in [-0.3, -0.25) is 4.79 Å². The molecule has 5 atom stereocenters. The smallest absolute Gasteiger partial charge is 0.404 e. The van der Waals surface area contributed by atoms with Crippen molar-refractivity contribution in [1.29, 1.82) is 0 Å². The quantitative estimate of drug-likeness (QED) is 0.263. The van der Waals surface area contributed by atoms with Crippen LogP contribution >= 0.6 is 0 Å². The summed E-state index contributed by atoms with van der Waals surface area (Å²) < 4.78 is 10.6. The minimum Gasteiger partial charge on any atom is -0.465 e. The van der Waals surface area contributed by atoms with E-state index in [2.05, 4.69) is 10.6 Å². The number of amides is 2. The third kappa shape index (κ3) is 7.97. The van der Waals surface area contributed by atoms with Crippen molar-refractivity contribution < 1.29 is 39.5 Å². The predicted octanol–water partition coefficient (Wildman–Crippen LogP) is -1.23. The van der Waals surface area contributed by atoms with E-state index in [1.807, 2.05) is 0 Å². The third-order valence-electron chi connectivity index (χ3n) is 3.87. The van der Waals surface area contributed by atoms with Gasteiger partial charge >= 0.3 is 6.09 Å². The van der Waals surface area contributed by atoms with Crippen molar-refractivity contribution in [3.8, 4) is 0 Å². The van der Waals surface area contributed by atoms with E-state index in [0.29, 0.717) is 25.8 Å². The summed E-state index contributed by atoms with van der Waals surface area (Å²) in [5, 5.41) is 42.3. The maximum atomic E-state index is 11.6. The second kappa shape index (κ2) is 11.2. The molecule has 1 aliphatic heterocycles. The first kappa shape index (κ1) is 21.6. The molecule has 10 heteroatoms. The highest BCUT2D eigenvalue weighted by molar-refractivity contribution is 5.75. The highest BCUT2D eigenvalue weighted by Gasteiger charge is 2.42. The number of ether oxygens (including phenoxy) is 2. The van der Waals surface area contributed by atoms with E-state index in [1.165, 1.54) is 0 Å². The van der Waals surface area contributed by atoms with E-state index in [4.69, 9.17) is 14.6 Å². The van der Waals surface area contributed by atoms with Crippen LogP contribution in [-0.4, -0.2) is 82.8 Å². The summed E-state index contributed by atoms with van der Waals surface area (Å²) in [4.78, 5) is 21.9. The molecule has 1 heterocycles. The molecule has 146 valence electrons. The number of unbranched alkanes of at least 4 members (excludes halogenated alkanes) is 2. The van der Waals surface area contributed by atoms with Gasteiger partial charge in [0.1, 0.15) is 18.3 Å². The van der Waals surface area contributed by atoms with Crippen molar-refractivity contribution in [1.82, 2.24) is 10.6 Å². The van der Waals surface area contributed by atoms with Gasteiger partial charge in [0.2, 0.25) is 5.91 Å². The molecule has 0 unspecified atom stereocenters. The molecule has 0 radical (unpaired) electrons. The minimum atomic E-state index is -1.36. The van der Waals surface area contributed by atoms with Crippen LogP contribution < -0.4 is 10.6 Å². The van der Waals surface area contributed by atoms with Crippen LogP contribution in [0.15, 0.2) is 0 Å². The van der Waals surface area contributed by atoms with Crippen LogP contribution in [0.3, 0.4) is 0 Å². The van der Waals surface area contributed by atoms with Crippen molar-refractivity contribution in [3.63, 3.8) is 0 Å². The number of carbonyl (C=O) groups excluding carboxylic acids is 1. The molecule has 0 aromatic carbocycles. The predicted molar refractivity (Wildman–Crippen MR) is 85.8 cm³/mol. The summed E-state index contributed by atoms with van der Waals surface area (Å²) in [6.07, 6.45) is -4.28. The largest absolute Gasteiger partial charge is 0.465 e. The first-order chi connectivity index (χ1) is 11.8. The lowest BCUT2D eigenvalue weighted by atomic mass is 10.0. The molecule has 2 amide bonds. The first-order valence-electron chi connectivity index (χ1n) is 8.37. The molecule has 1 aliphatic rings. The number of rotatable bonds is 10. The Morgan fingerprint density at radius 1 is 1.00 bits per heavy atom. The number of aliphatic hydroxyl groups is 3. The molecule has 0 aliphatic carbocycles. The normalized spacial score (nSPS) is 29.2. The van der Waals surface area contributed by atoms with Crippen molar-refractivity contribution in [2.75, 3.05) is 19.7 Å². The van der Waals surface area contributed by atoms with Gasteiger partial charge in [0.15, 0.2) is 6.29 Å². The Kier molecular flexibility index (Phi) is 9.68. The van der Waals surface area contributed by atoms with E-state index in [0.717, 1.165) is 6.42 Å². The molecule has 0 aromatic heterocycles. The Balaban J connectivity index is 2.07. The fourth-order valence-electron chi connectivity index (χ4n) is 2.39. The van der Waals surface area contributed by atoms with Crippen LogP contribution in [0.1, 0.15) is 32.6 Å². The molecule has 1 fully saturated rings. The second-order valence-electron chi connectivity index (χ2n) is 5.94. The maximum absolute atomic E-state index is 11.6. The fourth-order valence-corrected chi connectivity index (χ4v) is 2.39. The van der Waals surface area contributed by atoms with E-state index < -0.39 is 36.8 Å². The van der Waals surface area contributed by atoms with Crippen LogP contribution in [0.2, 0.25) is 0 Å². The van der Waals surface area contributed by atoms with Crippen LogP contribution in [-0.2, 0) is 14.3 Å². The number of hydrogen-bond acceptors (Lipinski definition) is 7. The summed E-state index contributed by atoms with van der Waals surface area (Å²) in [6, 6.07) is 0. The van der Waals surface area contributed by atoms with Crippen LogP contribution in [0.5, 0.6) is 0 Å². The molecule has 0 spiro atoms. The Hall–Kier alpha value is -1.46. The summed E-state index contributed by atoms with van der Waals surface area (Å²) in [7, 11) is 0. The van der Waals surface area contributed by atoms with Crippen LogP contribution in [0.25, 0.3) is 0 Å². The summed E-state index contributed by atoms with van der Waals surface area (Å²) in [5.41, 5.74) is 0. The molecule has 6 N–H and O–H groups in total. The zero-order valence-electron chi connectivity index (χ0n) is 14.3. The van der Waals surface area contributed by atoms with Crippen molar-refractivity contribution in [2.45, 2.75) is 63.3 Å². The summed E-state index contributed by atoms with van der Waals surface area (Å²) in [5.74, 6) is -0.149. The van der Waals surface area contributed by atoms with Crippen molar-refractivity contribution >= 4 is 12.0 Å². The Labute approximate surface area is 146 Å². The van der Waals surface area contributed by atoms with Gasteiger partial charge in [0.05, 0.1) is 12.7 Å². The van der Waals surface area contributed by atoms with Crippen LogP contribution in [0.4, 0.5) is 4.79 Å². The van der Waals surface area contributed by atoms with Crippen molar-refractivity contribution in [2.24, 2.45) is 0 Å². The summed E-state index contributed by atoms with van der Waals surface area (Å²) >= 11 is 0. The van der Waals surface area contributed by atoms with Gasteiger partial charge < -0.3 is 40.5 Å². The Morgan fingerprint density at radius 3 is 2.40 bits per heavy atom. The number of carbonyl (C=O) groups is 2. The average Bonchev–Trinajstić information content (AvgIpc) is 2.56. The lowest BCUT2D eigenvalue weighted by Crippen LogP contribution is -2.57. The van der Waals surface area contributed by atoms with Gasteiger partial charge in [-0.15, -0.1) is 0 Å². The van der Waals surface area contributed by atoms with Gasteiger partial charge in [-0.25, -0.2) is 4.79 Å². The molecule has 25 heavy (non-hydrogen) atoms. The Morgan fingerprint density at radius 2 is 1.72 bits per heavy atom. The van der Waals surface area contributed by atoms with Gasteiger partial charge in [-0.05, 0) is 19.8 Å². The molecule has 1 rings (SSSR count). The number of hydrogen-bond donors (Lipinski definition) is 6. The van der Waals surface area contributed by atoms with E-state index in [1.54, 1.807) is 6.92 Å². The van der Waals surface area contributed by atoms with Gasteiger partial charge in [0, 0.05) is 19.5 Å². The maximum Gasteiger partial charge on any atom is 0.404 e. The molecular formula is C15H28N2O8. The standard InChI is InChI=1S/C15H28N2O8/c1-9-11(19)12(20)13(21)14(25-9)24-8-7-16-10(18)5-3-2-4-6-17-15(22)23/h9,11-14,17,19-21H,2-8H2,1H3,(H,16,18)(H,22,23)/t9-,11+,12+,13-,14+/m0/s1. The van der Waals surface area contributed by atoms with E-state index in [9.17, 15) is 24.9 Å². The monoisotopic (exact) mass is 364 g/mol. The number of aliphatic hydroxyl groups excluding tert-OH is 3. The SMILES string of the molecule is C[C@@H]1O[C@@H](OCCNC(=O)CCCCCNC(=O)O)[C@@H](O)[C@H](O)[C@@H]1O. The zero-order valence-corrected chi connectivity index (χ0v) is 14.3. The topological polar surface area (TPSA) is 158 Å². The zero-order chi connectivity index (χ0) is 18.8. The summed E-state index contributed by atoms with van der Waals surface area (Å²) in [6.45, 7) is 2.24. The number of carboxylic acid groups (broad SMARTS) is 1. The lowest BCUT2D eigenvalue weighted by Gasteiger charge is -2.38. The third-order valence-corrected chi connectivity index (χ3v) is 3.87.